The van der Waals surface area contributed by atoms with Crippen molar-refractivity contribution in [1.29, 1.82) is 5.26 Å². The average molecular weight is 372 g/mol. The van der Waals surface area contributed by atoms with Gasteiger partial charge in [0.05, 0.1) is 10.5 Å². The fourth-order valence-electron chi connectivity index (χ4n) is 2.20. The number of carbonyl (C=O) groups excluding carboxylic acids is 1. The number of carbonyl (C=O) groups is 1. The number of furan rings is 1. The van der Waals surface area contributed by atoms with E-state index in [1.165, 1.54) is 25.3 Å². The van der Waals surface area contributed by atoms with Gasteiger partial charge in [0.2, 0.25) is 10.0 Å². The molecule has 0 spiro atoms. The first-order valence-corrected chi connectivity index (χ1v) is 9.37. The average Bonchev–Trinajstić information content (AvgIpc) is 3.07. The van der Waals surface area contributed by atoms with Crippen LogP contribution in [0.5, 0.6) is 0 Å². The van der Waals surface area contributed by atoms with E-state index in [9.17, 15) is 18.5 Å². The van der Waals surface area contributed by atoms with Crippen LogP contribution in [0.2, 0.25) is 0 Å². The first-order chi connectivity index (χ1) is 12.1. The van der Waals surface area contributed by atoms with E-state index >= 15 is 0 Å². The molecule has 0 aliphatic rings. The number of hydrogen-bond acceptors (Lipinski definition) is 5. The summed E-state index contributed by atoms with van der Waals surface area (Å²) in [6.07, 6.45) is 1.41. The molecule has 2 aromatic rings. The van der Waals surface area contributed by atoms with Gasteiger partial charge < -0.3 is 4.42 Å². The zero-order chi connectivity index (χ0) is 19.5. The van der Waals surface area contributed by atoms with Crippen molar-refractivity contribution in [2.45, 2.75) is 25.7 Å². The number of benzene rings is 1. The summed E-state index contributed by atoms with van der Waals surface area (Å²) in [5.41, 5.74) is 0.0419. The largest absolute Gasteiger partial charge is 0.457 e. The lowest BCUT2D eigenvalue weighted by Crippen LogP contribution is -2.21. The fraction of sp³-hybridized carbons (Fsp3) is 0.263. The Balaban J connectivity index is 2.32. The molecule has 1 N–H and O–H groups in total. The quantitative estimate of drug-likeness (QED) is 0.640. The van der Waals surface area contributed by atoms with E-state index in [-0.39, 0.29) is 16.3 Å². The number of nitrogens with zero attached hydrogens (tertiary/aromatic N) is 1. The number of nitrogens with one attached hydrogen (secondary N) is 1. The van der Waals surface area contributed by atoms with Gasteiger partial charge in [0, 0.05) is 17.1 Å². The van der Waals surface area contributed by atoms with E-state index in [0.29, 0.717) is 17.1 Å². The Bertz CT molecular complexity index is 985. The van der Waals surface area contributed by atoms with Crippen molar-refractivity contribution < 1.29 is 17.6 Å². The number of sulfonamides is 1. The maximum Gasteiger partial charge on any atom is 0.240 e. The maximum atomic E-state index is 12.2. The molecule has 0 atom stereocenters. The highest BCUT2D eigenvalue weighted by Gasteiger charge is 2.25. The molecule has 1 heterocycles. The highest BCUT2D eigenvalue weighted by molar-refractivity contribution is 7.89. The van der Waals surface area contributed by atoms with Crippen LogP contribution in [0.4, 0.5) is 0 Å². The van der Waals surface area contributed by atoms with Crippen molar-refractivity contribution in [1.82, 2.24) is 4.72 Å². The molecule has 0 aliphatic carbocycles. The van der Waals surface area contributed by atoms with Gasteiger partial charge in [-0.1, -0.05) is 20.8 Å². The van der Waals surface area contributed by atoms with E-state index < -0.39 is 15.4 Å². The molecular formula is C19H20N2O4S. The molecule has 1 aromatic carbocycles. The second kappa shape index (κ2) is 7.28. The lowest BCUT2D eigenvalue weighted by molar-refractivity contribution is -0.121. The third-order valence-corrected chi connectivity index (χ3v) is 5.11. The summed E-state index contributed by atoms with van der Waals surface area (Å²) in [6, 6.07) is 11.5. The summed E-state index contributed by atoms with van der Waals surface area (Å²) in [7, 11) is -2.15. The zero-order valence-corrected chi connectivity index (χ0v) is 15.8. The minimum Gasteiger partial charge on any atom is -0.457 e. The van der Waals surface area contributed by atoms with Crippen molar-refractivity contribution in [2.75, 3.05) is 7.05 Å². The third kappa shape index (κ3) is 4.28. The minimum absolute atomic E-state index is 0.0221. The van der Waals surface area contributed by atoms with Crippen LogP contribution in [0.15, 0.2) is 51.3 Å². The number of allylic oxidation sites excluding steroid dienone is 1. The first-order valence-electron chi connectivity index (χ1n) is 7.89. The van der Waals surface area contributed by atoms with Crippen LogP contribution in [0.25, 0.3) is 17.4 Å². The van der Waals surface area contributed by atoms with Crippen LogP contribution < -0.4 is 4.72 Å². The molecule has 0 aliphatic heterocycles. The van der Waals surface area contributed by atoms with Crippen LogP contribution in [0, 0.1) is 16.7 Å². The van der Waals surface area contributed by atoms with Gasteiger partial charge in [-0.05, 0) is 43.4 Å². The van der Waals surface area contributed by atoms with E-state index in [1.54, 1.807) is 45.0 Å². The number of nitriles is 1. The predicted molar refractivity (Wildman–Crippen MR) is 98.4 cm³/mol. The van der Waals surface area contributed by atoms with E-state index in [1.807, 2.05) is 6.07 Å². The van der Waals surface area contributed by atoms with Crippen molar-refractivity contribution >= 4 is 21.9 Å². The topological polar surface area (TPSA) is 100 Å². The van der Waals surface area contributed by atoms with Crippen molar-refractivity contribution in [2.24, 2.45) is 5.41 Å². The normalized spacial score (nSPS) is 12.7. The van der Waals surface area contributed by atoms with Crippen LogP contribution in [-0.4, -0.2) is 21.2 Å². The molecule has 6 nitrogen and oxygen atoms in total. The lowest BCUT2D eigenvalue weighted by atomic mass is 9.86. The van der Waals surface area contributed by atoms with E-state index in [0.717, 1.165) is 0 Å². The summed E-state index contributed by atoms with van der Waals surface area (Å²) in [6.45, 7) is 5.23. The molecule has 0 saturated carbocycles. The van der Waals surface area contributed by atoms with Crippen LogP contribution in [0.3, 0.4) is 0 Å². The van der Waals surface area contributed by atoms with E-state index in [4.69, 9.17) is 4.42 Å². The highest BCUT2D eigenvalue weighted by Crippen LogP contribution is 2.26. The van der Waals surface area contributed by atoms with Gasteiger partial charge in [-0.3, -0.25) is 4.79 Å². The van der Waals surface area contributed by atoms with Gasteiger partial charge in [-0.2, -0.15) is 5.26 Å². The standard InChI is InChI=1S/C19H20N2O4S/c1-19(2,3)18(22)14(12-20)11-15-7-10-17(25-15)13-5-8-16(9-6-13)26(23,24)21-4/h5-11,21H,1-4H3/b14-11+. The second-order valence-electron chi connectivity index (χ2n) is 6.68. The number of hydrogen-bond donors (Lipinski definition) is 1. The van der Waals surface area contributed by atoms with Crippen molar-refractivity contribution in [3.63, 3.8) is 0 Å². The maximum absolute atomic E-state index is 12.2. The molecule has 0 fully saturated rings. The van der Waals surface area contributed by atoms with Crippen molar-refractivity contribution in [3.05, 3.63) is 47.7 Å². The Morgan fingerprint density at radius 2 is 1.77 bits per heavy atom. The van der Waals surface area contributed by atoms with Crippen molar-refractivity contribution in [3.8, 4) is 17.4 Å². The van der Waals surface area contributed by atoms with E-state index in [2.05, 4.69) is 4.72 Å². The smallest absolute Gasteiger partial charge is 0.240 e. The highest BCUT2D eigenvalue weighted by atomic mass is 32.2. The second-order valence-corrected chi connectivity index (χ2v) is 8.57. The predicted octanol–water partition coefficient (Wildman–Crippen LogP) is 3.38. The fourth-order valence-corrected chi connectivity index (χ4v) is 2.93. The van der Waals surface area contributed by atoms with Gasteiger partial charge in [0.1, 0.15) is 17.6 Å². The Morgan fingerprint density at radius 1 is 1.15 bits per heavy atom. The molecular weight excluding hydrogens is 352 g/mol. The molecule has 0 saturated heterocycles. The molecule has 26 heavy (non-hydrogen) atoms. The molecule has 0 unspecified atom stereocenters. The Morgan fingerprint density at radius 3 is 2.27 bits per heavy atom. The molecule has 2 rings (SSSR count). The molecule has 0 radical (unpaired) electrons. The van der Waals surface area contributed by atoms with Crippen LogP contribution in [0.1, 0.15) is 26.5 Å². The van der Waals surface area contributed by atoms with Gasteiger partial charge in [0.15, 0.2) is 5.78 Å². The summed E-state index contributed by atoms with van der Waals surface area (Å²) in [5, 5.41) is 9.23. The Kier molecular flexibility index (Phi) is 5.50. The molecule has 1 aromatic heterocycles. The van der Waals surface area contributed by atoms with Gasteiger partial charge in [-0.25, -0.2) is 13.1 Å². The SMILES string of the molecule is CNS(=O)(=O)c1ccc(-c2ccc(/C=C(\C#N)C(=O)C(C)(C)C)o2)cc1. The third-order valence-electron chi connectivity index (χ3n) is 3.68. The number of Topliss-reactive ketones (excluding diaryl/α,β-unsaturated/α-hetero) is 1. The van der Waals surface area contributed by atoms with Gasteiger partial charge >= 0.3 is 0 Å². The summed E-state index contributed by atoms with van der Waals surface area (Å²) >= 11 is 0. The summed E-state index contributed by atoms with van der Waals surface area (Å²) < 4.78 is 31.4. The first kappa shape index (κ1) is 19.6. The number of ketones is 1. The van der Waals surface area contributed by atoms with Crippen LogP contribution in [-0.2, 0) is 14.8 Å². The van der Waals surface area contributed by atoms with Crippen LogP contribution >= 0.6 is 0 Å². The minimum atomic E-state index is -3.50. The van der Waals surface area contributed by atoms with Gasteiger partial charge in [0.25, 0.3) is 0 Å². The molecule has 136 valence electrons. The summed E-state index contributed by atoms with van der Waals surface area (Å²) in [5.74, 6) is 0.616. The summed E-state index contributed by atoms with van der Waals surface area (Å²) in [4.78, 5) is 12.4. The molecule has 7 heteroatoms. The van der Waals surface area contributed by atoms with Gasteiger partial charge in [-0.15, -0.1) is 0 Å². The Labute approximate surface area is 153 Å². The monoisotopic (exact) mass is 372 g/mol. The Hall–Kier alpha value is -2.69. The number of rotatable bonds is 5. The lowest BCUT2D eigenvalue weighted by Gasteiger charge is -2.15. The molecule has 0 bridgehead atoms. The zero-order valence-electron chi connectivity index (χ0n) is 15.0. The molecule has 0 amide bonds.